The molecule has 0 aliphatic carbocycles. The van der Waals surface area contributed by atoms with Crippen LogP contribution in [0.1, 0.15) is 37.4 Å². The normalized spacial score (nSPS) is 18.5. The van der Waals surface area contributed by atoms with E-state index in [1.54, 1.807) is 0 Å². The number of anilines is 2. The fourth-order valence-electron chi connectivity index (χ4n) is 2.67. The summed E-state index contributed by atoms with van der Waals surface area (Å²) >= 11 is 0. The van der Waals surface area contributed by atoms with Gasteiger partial charge in [0, 0.05) is 31.6 Å². The molecule has 3 heterocycles. The summed E-state index contributed by atoms with van der Waals surface area (Å²) < 4.78 is 5.55. The first-order valence-electron chi connectivity index (χ1n) is 7.35. The lowest BCUT2D eigenvalue weighted by Crippen LogP contribution is -2.24. The van der Waals surface area contributed by atoms with Crippen LogP contribution in [-0.4, -0.2) is 36.2 Å². The van der Waals surface area contributed by atoms with Gasteiger partial charge in [-0.2, -0.15) is 4.98 Å². The third kappa shape index (κ3) is 2.66. The van der Waals surface area contributed by atoms with Gasteiger partial charge in [-0.3, -0.25) is 0 Å². The summed E-state index contributed by atoms with van der Waals surface area (Å²) in [6, 6.07) is 0. The predicted octanol–water partition coefficient (Wildman–Crippen LogP) is 1.97. The fraction of sp³-hybridized carbons (Fsp3) is 0.714. The number of nitrogens with one attached hydrogen (secondary N) is 1. The summed E-state index contributed by atoms with van der Waals surface area (Å²) in [6.45, 7) is 6.70. The molecule has 5 nitrogen and oxygen atoms in total. The van der Waals surface area contributed by atoms with Gasteiger partial charge in [0.25, 0.3) is 0 Å². The number of ether oxygens (including phenoxy) is 1. The van der Waals surface area contributed by atoms with Crippen molar-refractivity contribution < 1.29 is 4.74 Å². The number of rotatable bonds is 4. The minimum Gasteiger partial charge on any atom is -0.376 e. The van der Waals surface area contributed by atoms with Crippen LogP contribution >= 0.6 is 0 Å². The predicted molar refractivity (Wildman–Crippen MR) is 75.6 cm³/mol. The van der Waals surface area contributed by atoms with Crippen LogP contribution in [0, 0.1) is 0 Å². The SMILES string of the molecule is CCCNc1nc(N2CCCC2)nc2c1COCC2. The van der Waals surface area contributed by atoms with Crippen molar-refractivity contribution in [2.75, 3.05) is 36.5 Å². The molecule has 0 unspecified atom stereocenters. The summed E-state index contributed by atoms with van der Waals surface area (Å²) in [5.41, 5.74) is 2.32. The molecule has 1 fully saturated rings. The largest absolute Gasteiger partial charge is 0.376 e. The van der Waals surface area contributed by atoms with E-state index in [0.29, 0.717) is 6.61 Å². The topological polar surface area (TPSA) is 50.3 Å². The molecule has 3 rings (SSSR count). The van der Waals surface area contributed by atoms with E-state index in [0.717, 1.165) is 56.4 Å². The van der Waals surface area contributed by atoms with Crippen LogP contribution in [0.4, 0.5) is 11.8 Å². The Kier molecular flexibility index (Phi) is 3.82. The van der Waals surface area contributed by atoms with E-state index in [1.165, 1.54) is 18.5 Å². The van der Waals surface area contributed by atoms with Gasteiger partial charge in [-0.1, -0.05) is 6.92 Å². The first-order chi connectivity index (χ1) is 9.38. The Labute approximate surface area is 114 Å². The molecule has 0 spiro atoms. The highest BCUT2D eigenvalue weighted by Crippen LogP contribution is 2.26. The zero-order chi connectivity index (χ0) is 13.1. The first-order valence-corrected chi connectivity index (χ1v) is 7.35. The van der Waals surface area contributed by atoms with Crippen LogP contribution in [0.25, 0.3) is 0 Å². The molecule has 1 N–H and O–H groups in total. The number of hydrogen-bond donors (Lipinski definition) is 1. The summed E-state index contributed by atoms with van der Waals surface area (Å²) in [6.07, 6.45) is 4.50. The number of fused-ring (bicyclic) bond motifs is 1. The van der Waals surface area contributed by atoms with Gasteiger partial charge in [-0.05, 0) is 19.3 Å². The molecule has 1 saturated heterocycles. The maximum Gasteiger partial charge on any atom is 0.227 e. The lowest BCUT2D eigenvalue weighted by Gasteiger charge is -2.23. The minimum atomic E-state index is 0.641. The minimum absolute atomic E-state index is 0.641. The highest BCUT2D eigenvalue weighted by atomic mass is 16.5. The highest BCUT2D eigenvalue weighted by Gasteiger charge is 2.22. The quantitative estimate of drug-likeness (QED) is 0.899. The Morgan fingerprint density at radius 1 is 1.26 bits per heavy atom. The summed E-state index contributed by atoms with van der Waals surface area (Å²) in [5.74, 6) is 1.88. The van der Waals surface area contributed by atoms with Gasteiger partial charge in [0.1, 0.15) is 5.82 Å². The van der Waals surface area contributed by atoms with Crippen molar-refractivity contribution in [3.63, 3.8) is 0 Å². The van der Waals surface area contributed by atoms with Gasteiger partial charge in [-0.25, -0.2) is 4.98 Å². The van der Waals surface area contributed by atoms with Crippen molar-refractivity contribution in [1.82, 2.24) is 9.97 Å². The molecule has 2 aliphatic rings. The van der Waals surface area contributed by atoms with E-state index in [-0.39, 0.29) is 0 Å². The molecule has 19 heavy (non-hydrogen) atoms. The third-order valence-corrected chi connectivity index (χ3v) is 3.74. The molecule has 1 aromatic rings. The molecule has 0 amide bonds. The summed E-state index contributed by atoms with van der Waals surface area (Å²) in [5, 5.41) is 3.43. The smallest absolute Gasteiger partial charge is 0.227 e. The molecular weight excluding hydrogens is 240 g/mol. The van der Waals surface area contributed by atoms with Crippen LogP contribution in [0.5, 0.6) is 0 Å². The van der Waals surface area contributed by atoms with Gasteiger partial charge in [0.05, 0.1) is 18.9 Å². The molecule has 0 aromatic carbocycles. The maximum atomic E-state index is 5.55. The third-order valence-electron chi connectivity index (χ3n) is 3.74. The van der Waals surface area contributed by atoms with Crippen molar-refractivity contribution in [2.24, 2.45) is 0 Å². The van der Waals surface area contributed by atoms with E-state index in [2.05, 4.69) is 17.1 Å². The summed E-state index contributed by atoms with van der Waals surface area (Å²) in [7, 11) is 0. The first kappa shape index (κ1) is 12.7. The number of aromatic nitrogens is 2. The van der Waals surface area contributed by atoms with Gasteiger partial charge in [-0.15, -0.1) is 0 Å². The number of hydrogen-bond acceptors (Lipinski definition) is 5. The molecule has 1 aromatic heterocycles. The molecule has 0 saturated carbocycles. The second-order valence-corrected chi connectivity index (χ2v) is 5.22. The van der Waals surface area contributed by atoms with Crippen molar-refractivity contribution in [1.29, 1.82) is 0 Å². The molecule has 0 bridgehead atoms. The zero-order valence-electron chi connectivity index (χ0n) is 11.6. The standard InChI is InChI=1S/C14H22N4O/c1-2-6-15-13-11-10-19-9-5-12(11)16-14(17-13)18-7-3-4-8-18/h2-10H2,1H3,(H,15,16,17). The van der Waals surface area contributed by atoms with E-state index in [1.807, 2.05) is 0 Å². The van der Waals surface area contributed by atoms with Gasteiger partial charge >= 0.3 is 0 Å². The Balaban J connectivity index is 1.92. The second kappa shape index (κ2) is 5.74. The van der Waals surface area contributed by atoms with Gasteiger partial charge < -0.3 is 15.0 Å². The Morgan fingerprint density at radius 3 is 2.89 bits per heavy atom. The van der Waals surface area contributed by atoms with Crippen LogP contribution < -0.4 is 10.2 Å². The zero-order valence-corrected chi connectivity index (χ0v) is 11.6. The molecular formula is C14H22N4O. The van der Waals surface area contributed by atoms with E-state index in [9.17, 15) is 0 Å². The van der Waals surface area contributed by atoms with Crippen molar-refractivity contribution >= 4 is 11.8 Å². The molecule has 0 atom stereocenters. The van der Waals surface area contributed by atoms with Crippen molar-refractivity contribution in [3.8, 4) is 0 Å². The number of nitrogens with zero attached hydrogens (tertiary/aromatic N) is 3. The van der Waals surface area contributed by atoms with Crippen LogP contribution in [0.15, 0.2) is 0 Å². The Bertz CT molecular complexity index is 443. The van der Waals surface area contributed by atoms with Crippen LogP contribution in [0.2, 0.25) is 0 Å². The van der Waals surface area contributed by atoms with E-state index < -0.39 is 0 Å². The molecule has 5 heteroatoms. The Hall–Kier alpha value is -1.36. The second-order valence-electron chi connectivity index (χ2n) is 5.22. The fourth-order valence-corrected chi connectivity index (χ4v) is 2.67. The molecule has 104 valence electrons. The van der Waals surface area contributed by atoms with Crippen molar-refractivity contribution in [2.45, 2.75) is 39.2 Å². The van der Waals surface area contributed by atoms with Gasteiger partial charge in [0.15, 0.2) is 0 Å². The molecule has 0 radical (unpaired) electrons. The lowest BCUT2D eigenvalue weighted by atomic mass is 10.1. The monoisotopic (exact) mass is 262 g/mol. The average molecular weight is 262 g/mol. The summed E-state index contributed by atoms with van der Waals surface area (Å²) in [4.78, 5) is 11.8. The van der Waals surface area contributed by atoms with Crippen LogP contribution in [-0.2, 0) is 17.8 Å². The highest BCUT2D eigenvalue weighted by molar-refractivity contribution is 5.52. The van der Waals surface area contributed by atoms with E-state index >= 15 is 0 Å². The maximum absolute atomic E-state index is 5.55. The lowest BCUT2D eigenvalue weighted by molar-refractivity contribution is 0.109. The molecule has 2 aliphatic heterocycles. The Morgan fingerprint density at radius 2 is 2.11 bits per heavy atom. The van der Waals surface area contributed by atoms with Gasteiger partial charge in [0.2, 0.25) is 5.95 Å². The van der Waals surface area contributed by atoms with Crippen molar-refractivity contribution in [3.05, 3.63) is 11.3 Å². The average Bonchev–Trinajstić information content (AvgIpc) is 2.98. The van der Waals surface area contributed by atoms with Crippen LogP contribution in [0.3, 0.4) is 0 Å². The van der Waals surface area contributed by atoms with E-state index in [4.69, 9.17) is 14.7 Å².